The Morgan fingerprint density at radius 2 is 1.81 bits per heavy atom. The van der Waals surface area contributed by atoms with Gasteiger partial charge in [0.2, 0.25) is 11.8 Å². The van der Waals surface area contributed by atoms with Crippen LogP contribution in [0, 0.1) is 0 Å². The van der Waals surface area contributed by atoms with Crippen molar-refractivity contribution < 1.29 is 19.1 Å². The van der Waals surface area contributed by atoms with E-state index >= 15 is 0 Å². The fourth-order valence-electron chi connectivity index (χ4n) is 5.91. The SMILES string of the molecule is O=C1CCC(N2Cc3cc(O[C@H]4CCCC[C@@H]4N4CC(c5ncc(Cl)cn5)C4)ccc3C2=O)C(=O)N1. The van der Waals surface area contributed by atoms with Gasteiger partial charge in [0.25, 0.3) is 5.91 Å². The van der Waals surface area contributed by atoms with Crippen LogP contribution in [0.5, 0.6) is 5.75 Å². The van der Waals surface area contributed by atoms with Crippen molar-refractivity contribution in [1.29, 1.82) is 0 Å². The molecule has 3 amide bonds. The van der Waals surface area contributed by atoms with E-state index in [9.17, 15) is 14.4 Å². The summed E-state index contributed by atoms with van der Waals surface area (Å²) < 4.78 is 6.51. The predicted octanol–water partition coefficient (Wildman–Crippen LogP) is 2.68. The maximum absolute atomic E-state index is 13.0. The maximum Gasteiger partial charge on any atom is 0.255 e. The summed E-state index contributed by atoms with van der Waals surface area (Å²) in [5, 5.41) is 2.89. The van der Waals surface area contributed by atoms with E-state index in [-0.39, 0.29) is 24.3 Å². The van der Waals surface area contributed by atoms with E-state index in [1.165, 1.54) is 6.42 Å². The zero-order valence-corrected chi connectivity index (χ0v) is 20.6. The number of fused-ring (bicyclic) bond motifs is 1. The van der Waals surface area contributed by atoms with Crippen LogP contribution in [0.4, 0.5) is 0 Å². The van der Waals surface area contributed by atoms with E-state index in [1.807, 2.05) is 12.1 Å². The number of amides is 3. The van der Waals surface area contributed by atoms with E-state index in [1.54, 1.807) is 23.4 Å². The molecule has 2 aromatic rings. The maximum atomic E-state index is 13.0. The number of benzene rings is 1. The van der Waals surface area contributed by atoms with E-state index in [2.05, 4.69) is 20.2 Å². The molecule has 3 fully saturated rings. The average Bonchev–Trinajstić information content (AvgIpc) is 3.16. The third-order valence-corrected chi connectivity index (χ3v) is 8.03. The summed E-state index contributed by atoms with van der Waals surface area (Å²) in [5.74, 6) is 1.05. The molecule has 2 saturated heterocycles. The zero-order valence-electron chi connectivity index (χ0n) is 19.9. The van der Waals surface area contributed by atoms with Crippen molar-refractivity contribution in [3.63, 3.8) is 0 Å². The van der Waals surface area contributed by atoms with Gasteiger partial charge in [0.1, 0.15) is 23.7 Å². The van der Waals surface area contributed by atoms with Gasteiger partial charge in [0.05, 0.1) is 5.02 Å². The number of nitrogens with one attached hydrogen (secondary N) is 1. The van der Waals surface area contributed by atoms with Gasteiger partial charge in [-0.2, -0.15) is 0 Å². The number of hydrogen-bond acceptors (Lipinski definition) is 7. The van der Waals surface area contributed by atoms with Crippen LogP contribution in [0.25, 0.3) is 0 Å². The smallest absolute Gasteiger partial charge is 0.255 e. The minimum atomic E-state index is -0.612. The quantitative estimate of drug-likeness (QED) is 0.618. The molecule has 0 radical (unpaired) electrons. The minimum Gasteiger partial charge on any atom is -0.489 e. The summed E-state index contributed by atoms with van der Waals surface area (Å²) >= 11 is 5.92. The van der Waals surface area contributed by atoms with Gasteiger partial charge in [-0.3, -0.25) is 24.6 Å². The van der Waals surface area contributed by atoms with Crippen molar-refractivity contribution >= 4 is 29.3 Å². The number of piperidine rings is 1. The minimum absolute atomic E-state index is 0.0761. The van der Waals surface area contributed by atoms with Gasteiger partial charge < -0.3 is 9.64 Å². The van der Waals surface area contributed by atoms with Gasteiger partial charge in [-0.25, -0.2) is 9.97 Å². The number of imide groups is 1. The van der Waals surface area contributed by atoms with Gasteiger partial charge in [-0.1, -0.05) is 18.0 Å². The highest BCUT2D eigenvalue weighted by Gasteiger charge is 2.41. The first-order chi connectivity index (χ1) is 17.5. The van der Waals surface area contributed by atoms with Crippen LogP contribution in [0.15, 0.2) is 30.6 Å². The predicted molar refractivity (Wildman–Crippen MR) is 131 cm³/mol. The number of carbonyl (C=O) groups is 3. The van der Waals surface area contributed by atoms with Crippen LogP contribution in [0.2, 0.25) is 5.02 Å². The summed E-state index contributed by atoms with van der Waals surface area (Å²) in [6.45, 7) is 2.16. The fourth-order valence-corrected chi connectivity index (χ4v) is 6.01. The fraction of sp³-hybridized carbons (Fsp3) is 0.500. The summed E-state index contributed by atoms with van der Waals surface area (Å²) in [4.78, 5) is 49.6. The Morgan fingerprint density at radius 1 is 1.03 bits per heavy atom. The topological polar surface area (TPSA) is 105 Å². The van der Waals surface area contributed by atoms with Crippen molar-refractivity contribution in [3.8, 4) is 5.75 Å². The Morgan fingerprint density at radius 3 is 2.58 bits per heavy atom. The molecule has 0 spiro atoms. The molecule has 4 aliphatic rings. The Kier molecular flexibility index (Phi) is 6.13. The number of aromatic nitrogens is 2. The van der Waals surface area contributed by atoms with Gasteiger partial charge >= 0.3 is 0 Å². The Labute approximate surface area is 214 Å². The Balaban J connectivity index is 1.11. The van der Waals surface area contributed by atoms with E-state index < -0.39 is 11.9 Å². The van der Waals surface area contributed by atoms with Crippen LogP contribution in [-0.4, -0.2) is 68.8 Å². The summed E-state index contributed by atoms with van der Waals surface area (Å²) in [6, 6.07) is 5.31. The van der Waals surface area contributed by atoms with Crippen molar-refractivity contribution in [3.05, 3.63) is 52.6 Å². The molecular formula is C26H28ClN5O4. The summed E-state index contributed by atoms with van der Waals surface area (Å²) in [5.41, 5.74) is 1.46. The molecule has 1 aliphatic carbocycles. The molecule has 6 rings (SSSR count). The normalized spacial score (nSPS) is 27.0. The molecule has 1 aromatic carbocycles. The number of hydrogen-bond donors (Lipinski definition) is 1. The lowest BCUT2D eigenvalue weighted by Crippen LogP contribution is -2.57. The van der Waals surface area contributed by atoms with E-state index in [4.69, 9.17) is 16.3 Å². The second-order valence-electron chi connectivity index (χ2n) is 10.1. The number of rotatable bonds is 5. The number of likely N-dealkylation sites (tertiary alicyclic amines) is 1. The molecule has 1 saturated carbocycles. The first kappa shape index (κ1) is 23.4. The molecule has 188 valence electrons. The van der Waals surface area contributed by atoms with E-state index in [0.717, 1.165) is 49.5 Å². The van der Waals surface area contributed by atoms with Crippen LogP contribution in [0.3, 0.4) is 0 Å². The van der Waals surface area contributed by atoms with Crippen LogP contribution < -0.4 is 10.1 Å². The van der Waals surface area contributed by atoms with Gasteiger partial charge in [0, 0.05) is 56.0 Å². The molecule has 4 heterocycles. The Hall–Kier alpha value is -3.04. The molecule has 3 aliphatic heterocycles. The summed E-state index contributed by atoms with van der Waals surface area (Å²) in [6.07, 6.45) is 8.37. The average molecular weight is 510 g/mol. The van der Waals surface area contributed by atoms with Crippen molar-refractivity contribution in [1.82, 2.24) is 25.1 Å². The number of carbonyl (C=O) groups excluding carboxylic acids is 3. The molecule has 1 unspecified atom stereocenters. The Bertz CT molecular complexity index is 1200. The number of halogens is 1. The molecule has 9 nitrogen and oxygen atoms in total. The molecule has 1 aromatic heterocycles. The van der Waals surface area contributed by atoms with E-state index in [0.29, 0.717) is 35.5 Å². The van der Waals surface area contributed by atoms with Crippen LogP contribution in [-0.2, 0) is 16.1 Å². The molecule has 10 heteroatoms. The molecular weight excluding hydrogens is 482 g/mol. The number of ether oxygens (including phenoxy) is 1. The first-order valence-electron chi connectivity index (χ1n) is 12.6. The number of nitrogens with zero attached hydrogens (tertiary/aromatic N) is 4. The van der Waals surface area contributed by atoms with Gasteiger partial charge in [-0.05, 0) is 49.4 Å². The van der Waals surface area contributed by atoms with Crippen LogP contribution in [0.1, 0.15) is 66.2 Å². The van der Waals surface area contributed by atoms with Crippen LogP contribution >= 0.6 is 11.6 Å². The zero-order chi connectivity index (χ0) is 24.8. The standard InChI is InChI=1S/C26H28ClN5O4/c27-17-10-28-24(29-11-17)16-12-31(13-16)20-3-1-2-4-22(20)36-18-5-6-19-15(9-18)14-32(26(19)35)21-7-8-23(33)30-25(21)34/h5-6,9-11,16,20-22H,1-4,7-8,12-14H2,(H,30,33,34)/t20-,21?,22-/m0/s1. The lowest BCUT2D eigenvalue weighted by Gasteiger charge is -2.47. The van der Waals surface area contributed by atoms with Gasteiger partial charge in [0.15, 0.2) is 0 Å². The largest absolute Gasteiger partial charge is 0.489 e. The second-order valence-corrected chi connectivity index (χ2v) is 10.6. The van der Waals surface area contributed by atoms with Gasteiger partial charge in [-0.15, -0.1) is 0 Å². The van der Waals surface area contributed by atoms with Crippen molar-refractivity contribution in [2.75, 3.05) is 13.1 Å². The first-order valence-corrected chi connectivity index (χ1v) is 13.0. The molecule has 36 heavy (non-hydrogen) atoms. The van der Waals surface area contributed by atoms with Crippen molar-refractivity contribution in [2.24, 2.45) is 0 Å². The van der Waals surface area contributed by atoms with Crippen molar-refractivity contribution in [2.45, 2.75) is 69.2 Å². The molecule has 3 atom stereocenters. The lowest BCUT2D eigenvalue weighted by atomic mass is 9.86. The monoisotopic (exact) mass is 509 g/mol. The molecule has 1 N–H and O–H groups in total. The third-order valence-electron chi connectivity index (χ3n) is 7.83. The second kappa shape index (κ2) is 9.44. The lowest BCUT2D eigenvalue weighted by molar-refractivity contribution is -0.136. The summed E-state index contributed by atoms with van der Waals surface area (Å²) in [7, 11) is 0. The highest BCUT2D eigenvalue weighted by Crippen LogP contribution is 2.36. The highest BCUT2D eigenvalue weighted by molar-refractivity contribution is 6.30. The third kappa shape index (κ3) is 4.35. The highest BCUT2D eigenvalue weighted by atomic mass is 35.5. The molecule has 0 bridgehead atoms.